The van der Waals surface area contributed by atoms with Crippen LogP contribution < -0.4 is 16.0 Å². The van der Waals surface area contributed by atoms with Gasteiger partial charge in [-0.05, 0) is 48.9 Å². The summed E-state index contributed by atoms with van der Waals surface area (Å²) in [4.78, 5) is 13.6. The zero-order chi connectivity index (χ0) is 18.4. The molecular formula is C20H29IN6. The van der Waals surface area contributed by atoms with E-state index in [1.807, 2.05) is 24.4 Å². The minimum absolute atomic E-state index is 0. The third-order valence-corrected chi connectivity index (χ3v) is 4.68. The quantitative estimate of drug-likeness (QED) is 0.392. The van der Waals surface area contributed by atoms with Gasteiger partial charge in [0.15, 0.2) is 5.96 Å². The number of nitrogens with two attached hydrogens (primary N) is 1. The van der Waals surface area contributed by atoms with Crippen LogP contribution in [-0.4, -0.2) is 49.1 Å². The Morgan fingerprint density at radius 1 is 1.15 bits per heavy atom. The van der Waals surface area contributed by atoms with E-state index in [1.54, 1.807) is 0 Å². The van der Waals surface area contributed by atoms with E-state index in [2.05, 4.69) is 57.3 Å². The summed E-state index contributed by atoms with van der Waals surface area (Å²) in [5, 5.41) is 3.17. The van der Waals surface area contributed by atoms with Crippen LogP contribution in [0.15, 0.2) is 47.6 Å². The first-order valence-corrected chi connectivity index (χ1v) is 9.18. The summed E-state index contributed by atoms with van der Waals surface area (Å²) in [6, 6.07) is 12.3. The first-order chi connectivity index (χ1) is 12.6. The van der Waals surface area contributed by atoms with Gasteiger partial charge in [0.05, 0.1) is 6.54 Å². The molecule has 0 aliphatic carbocycles. The van der Waals surface area contributed by atoms with Crippen LogP contribution in [-0.2, 0) is 13.0 Å². The highest BCUT2D eigenvalue weighted by molar-refractivity contribution is 14.0. The lowest BCUT2D eigenvalue weighted by molar-refractivity contribution is 0.312. The van der Waals surface area contributed by atoms with E-state index in [0.717, 1.165) is 49.7 Å². The maximum Gasteiger partial charge on any atom is 0.193 e. The number of hydrogen-bond donors (Lipinski definition) is 2. The maximum atomic E-state index is 6.05. The zero-order valence-corrected chi connectivity index (χ0v) is 18.4. The van der Waals surface area contributed by atoms with E-state index < -0.39 is 0 Å². The van der Waals surface area contributed by atoms with Crippen molar-refractivity contribution in [3.63, 3.8) is 0 Å². The Labute approximate surface area is 178 Å². The van der Waals surface area contributed by atoms with Crippen LogP contribution in [0.1, 0.15) is 18.1 Å². The number of halogens is 1. The van der Waals surface area contributed by atoms with Crippen LogP contribution in [0.3, 0.4) is 0 Å². The molecule has 1 aliphatic heterocycles. The molecule has 0 spiro atoms. The first kappa shape index (κ1) is 21.4. The van der Waals surface area contributed by atoms with Crippen LogP contribution in [0.2, 0.25) is 0 Å². The smallest absolute Gasteiger partial charge is 0.193 e. The molecule has 6 nitrogen and oxygen atoms in total. The molecule has 7 heteroatoms. The monoisotopic (exact) mass is 480 g/mol. The van der Waals surface area contributed by atoms with Gasteiger partial charge in [-0.2, -0.15) is 0 Å². The van der Waals surface area contributed by atoms with Crippen molar-refractivity contribution < 1.29 is 0 Å². The first-order valence-electron chi connectivity index (χ1n) is 9.18. The van der Waals surface area contributed by atoms with E-state index >= 15 is 0 Å². The van der Waals surface area contributed by atoms with Crippen LogP contribution >= 0.6 is 24.0 Å². The lowest BCUT2D eigenvalue weighted by Gasteiger charge is -2.33. The van der Waals surface area contributed by atoms with Crippen LogP contribution in [0.4, 0.5) is 11.5 Å². The summed E-state index contributed by atoms with van der Waals surface area (Å²) >= 11 is 0. The number of hydrogen-bond acceptors (Lipinski definition) is 4. The Kier molecular flexibility index (Phi) is 8.30. The SMILES string of the molecule is CCc1cccc(NC(N)=NCc2ccnc(N3CCN(C)CC3)c2)c1.I. The summed E-state index contributed by atoms with van der Waals surface area (Å²) in [7, 11) is 2.15. The van der Waals surface area contributed by atoms with Crippen molar-refractivity contribution in [2.45, 2.75) is 19.9 Å². The van der Waals surface area contributed by atoms with Crippen molar-refractivity contribution in [3.8, 4) is 0 Å². The predicted molar refractivity (Wildman–Crippen MR) is 124 cm³/mol. The second-order valence-corrected chi connectivity index (χ2v) is 6.69. The van der Waals surface area contributed by atoms with Gasteiger partial charge in [0.1, 0.15) is 5.82 Å². The molecule has 0 atom stereocenters. The highest BCUT2D eigenvalue weighted by Crippen LogP contribution is 2.15. The lowest BCUT2D eigenvalue weighted by atomic mass is 10.1. The molecule has 1 aromatic carbocycles. The number of aryl methyl sites for hydroxylation is 1. The number of aliphatic imine (C=N–C) groups is 1. The molecule has 0 bridgehead atoms. The van der Waals surface area contributed by atoms with Crippen molar-refractivity contribution in [2.24, 2.45) is 10.7 Å². The molecule has 0 radical (unpaired) electrons. The summed E-state index contributed by atoms with van der Waals surface area (Å²) in [6.07, 6.45) is 2.85. The van der Waals surface area contributed by atoms with Gasteiger partial charge in [-0.1, -0.05) is 19.1 Å². The second kappa shape index (κ2) is 10.5. The molecule has 1 aliphatic rings. The minimum atomic E-state index is 0. The fourth-order valence-electron chi connectivity index (χ4n) is 3.00. The molecule has 27 heavy (non-hydrogen) atoms. The molecule has 1 fully saturated rings. The molecule has 2 aromatic rings. The Morgan fingerprint density at radius 3 is 2.67 bits per heavy atom. The normalized spacial score (nSPS) is 15.3. The molecule has 1 aromatic heterocycles. The van der Waals surface area contributed by atoms with Crippen molar-refractivity contribution in [1.82, 2.24) is 9.88 Å². The van der Waals surface area contributed by atoms with E-state index in [1.165, 1.54) is 5.56 Å². The van der Waals surface area contributed by atoms with Gasteiger partial charge in [0.2, 0.25) is 0 Å². The molecule has 0 unspecified atom stereocenters. The van der Waals surface area contributed by atoms with Crippen molar-refractivity contribution in [2.75, 3.05) is 43.4 Å². The zero-order valence-electron chi connectivity index (χ0n) is 16.1. The van der Waals surface area contributed by atoms with Gasteiger partial charge in [-0.3, -0.25) is 0 Å². The summed E-state index contributed by atoms with van der Waals surface area (Å²) in [6.45, 7) is 6.82. The Hall–Kier alpha value is -1.87. The van der Waals surface area contributed by atoms with E-state index in [-0.39, 0.29) is 24.0 Å². The molecular weight excluding hydrogens is 451 g/mol. The summed E-state index contributed by atoms with van der Waals surface area (Å²) in [5.41, 5.74) is 9.40. The van der Waals surface area contributed by atoms with Gasteiger partial charge in [-0.15, -0.1) is 24.0 Å². The average molecular weight is 480 g/mol. The van der Waals surface area contributed by atoms with Crippen molar-refractivity contribution >= 4 is 41.4 Å². The lowest BCUT2D eigenvalue weighted by Crippen LogP contribution is -2.44. The average Bonchev–Trinajstić information content (AvgIpc) is 2.67. The summed E-state index contributed by atoms with van der Waals surface area (Å²) < 4.78 is 0. The van der Waals surface area contributed by atoms with Gasteiger partial charge in [0.25, 0.3) is 0 Å². The van der Waals surface area contributed by atoms with Crippen LogP contribution in [0.25, 0.3) is 0 Å². The Balaban J connectivity index is 0.00000261. The van der Waals surface area contributed by atoms with E-state index in [9.17, 15) is 0 Å². The summed E-state index contributed by atoms with van der Waals surface area (Å²) in [5.74, 6) is 1.45. The highest BCUT2D eigenvalue weighted by atomic mass is 127. The number of nitrogens with zero attached hydrogens (tertiary/aromatic N) is 4. The largest absolute Gasteiger partial charge is 0.370 e. The molecule has 0 saturated carbocycles. The van der Waals surface area contributed by atoms with Gasteiger partial charge >= 0.3 is 0 Å². The molecule has 2 heterocycles. The highest BCUT2D eigenvalue weighted by Gasteiger charge is 2.15. The molecule has 3 rings (SSSR count). The number of guanidine groups is 1. The minimum Gasteiger partial charge on any atom is -0.370 e. The van der Waals surface area contributed by atoms with Crippen molar-refractivity contribution in [1.29, 1.82) is 0 Å². The van der Waals surface area contributed by atoms with Gasteiger partial charge < -0.3 is 20.9 Å². The fourth-order valence-corrected chi connectivity index (χ4v) is 3.00. The van der Waals surface area contributed by atoms with Crippen LogP contribution in [0.5, 0.6) is 0 Å². The molecule has 0 amide bonds. The molecule has 1 saturated heterocycles. The number of anilines is 2. The number of rotatable bonds is 5. The Morgan fingerprint density at radius 2 is 1.93 bits per heavy atom. The second-order valence-electron chi connectivity index (χ2n) is 6.69. The van der Waals surface area contributed by atoms with Gasteiger partial charge in [-0.25, -0.2) is 9.98 Å². The topological polar surface area (TPSA) is 69.8 Å². The van der Waals surface area contributed by atoms with Crippen molar-refractivity contribution in [3.05, 3.63) is 53.7 Å². The Bertz CT molecular complexity index is 756. The standard InChI is InChI=1S/C20H28N6.HI/c1-3-16-5-4-6-18(13-16)24-20(21)23-15-17-7-8-22-19(14-17)26-11-9-25(2)10-12-26;/h4-8,13-14H,3,9-12,15H2,1-2H3,(H3,21,23,24);1H. The van der Waals surface area contributed by atoms with E-state index in [0.29, 0.717) is 12.5 Å². The number of likely N-dealkylation sites (N-methyl/N-ethyl adjacent to an activating group) is 1. The third kappa shape index (κ3) is 6.35. The molecule has 146 valence electrons. The number of pyridine rings is 1. The fraction of sp³-hybridized carbons (Fsp3) is 0.400. The maximum absolute atomic E-state index is 6.05. The number of piperazine rings is 1. The number of nitrogens with one attached hydrogen (secondary N) is 1. The molecule has 3 N–H and O–H groups in total. The van der Waals surface area contributed by atoms with Gasteiger partial charge in [0, 0.05) is 38.1 Å². The third-order valence-electron chi connectivity index (χ3n) is 4.68. The predicted octanol–water partition coefficient (Wildman–Crippen LogP) is 2.94. The van der Waals surface area contributed by atoms with E-state index in [4.69, 9.17) is 5.73 Å². The van der Waals surface area contributed by atoms with Crippen LogP contribution in [0, 0.1) is 0 Å². The number of aromatic nitrogens is 1. The number of benzene rings is 1.